The standard InChI is InChI=1S/C25H20N4O3/c30-24(31)15-20-19-11-12-26-21(19)9-10-22(20)32-18-8-4-7-17(14-18)25-27-23(28-29-25)13-16-5-2-1-3-6-16/h1-12,14,26H,13,15H2,(H,30,31)(H,27,28,29). The molecule has 3 N–H and O–H groups in total. The average molecular weight is 424 g/mol. The van der Waals surface area contributed by atoms with Crippen molar-refractivity contribution in [2.75, 3.05) is 0 Å². The number of rotatable bonds is 7. The van der Waals surface area contributed by atoms with E-state index < -0.39 is 5.97 Å². The van der Waals surface area contributed by atoms with Gasteiger partial charge in [0.25, 0.3) is 0 Å². The van der Waals surface area contributed by atoms with Crippen molar-refractivity contribution in [3.05, 3.63) is 95.9 Å². The van der Waals surface area contributed by atoms with E-state index in [-0.39, 0.29) is 6.42 Å². The van der Waals surface area contributed by atoms with E-state index in [1.807, 2.05) is 66.7 Å². The highest BCUT2D eigenvalue weighted by Crippen LogP contribution is 2.33. The quantitative estimate of drug-likeness (QED) is 0.342. The number of carboxylic acids is 1. The van der Waals surface area contributed by atoms with Gasteiger partial charge >= 0.3 is 5.97 Å². The molecule has 32 heavy (non-hydrogen) atoms. The first kappa shape index (κ1) is 19.6. The van der Waals surface area contributed by atoms with Crippen LogP contribution in [0.15, 0.2) is 79.0 Å². The monoisotopic (exact) mass is 424 g/mol. The first-order valence-corrected chi connectivity index (χ1v) is 10.2. The summed E-state index contributed by atoms with van der Waals surface area (Å²) in [6, 6.07) is 23.1. The topological polar surface area (TPSA) is 104 Å². The van der Waals surface area contributed by atoms with E-state index in [1.54, 1.807) is 12.3 Å². The van der Waals surface area contributed by atoms with Crippen molar-refractivity contribution >= 4 is 16.9 Å². The molecule has 3 aromatic carbocycles. The summed E-state index contributed by atoms with van der Waals surface area (Å²) < 4.78 is 6.11. The molecule has 7 nitrogen and oxygen atoms in total. The first-order chi connectivity index (χ1) is 15.7. The lowest BCUT2D eigenvalue weighted by Crippen LogP contribution is -2.02. The number of carbonyl (C=O) groups is 1. The van der Waals surface area contributed by atoms with Crippen molar-refractivity contribution in [2.45, 2.75) is 12.8 Å². The zero-order valence-corrected chi connectivity index (χ0v) is 17.1. The minimum atomic E-state index is -0.912. The number of aliphatic carboxylic acids is 1. The Morgan fingerprint density at radius 2 is 1.84 bits per heavy atom. The molecule has 158 valence electrons. The number of nitrogens with zero attached hydrogens (tertiary/aromatic N) is 2. The van der Waals surface area contributed by atoms with E-state index in [4.69, 9.17) is 4.74 Å². The molecule has 0 fully saturated rings. The van der Waals surface area contributed by atoms with Gasteiger partial charge in [0, 0.05) is 34.6 Å². The van der Waals surface area contributed by atoms with Gasteiger partial charge in [-0.3, -0.25) is 4.79 Å². The molecule has 0 aliphatic carbocycles. The van der Waals surface area contributed by atoms with Crippen molar-refractivity contribution in [3.63, 3.8) is 0 Å². The number of carboxylic acid groups (broad SMARTS) is 1. The lowest BCUT2D eigenvalue weighted by molar-refractivity contribution is -0.136. The molecule has 0 aliphatic rings. The Balaban J connectivity index is 1.41. The average Bonchev–Trinajstić information content (AvgIpc) is 3.46. The van der Waals surface area contributed by atoms with Crippen LogP contribution in [-0.2, 0) is 17.6 Å². The Morgan fingerprint density at radius 3 is 2.69 bits per heavy atom. The second kappa shape index (κ2) is 8.39. The van der Waals surface area contributed by atoms with Crippen molar-refractivity contribution in [2.24, 2.45) is 0 Å². The molecule has 0 bridgehead atoms. The van der Waals surface area contributed by atoms with Gasteiger partial charge in [-0.05, 0) is 35.9 Å². The van der Waals surface area contributed by atoms with Crippen molar-refractivity contribution in [3.8, 4) is 22.9 Å². The van der Waals surface area contributed by atoms with Crippen molar-refractivity contribution in [1.82, 2.24) is 20.2 Å². The fourth-order valence-corrected chi connectivity index (χ4v) is 3.73. The highest BCUT2D eigenvalue weighted by atomic mass is 16.5. The second-order valence-electron chi connectivity index (χ2n) is 7.46. The summed E-state index contributed by atoms with van der Waals surface area (Å²) in [6.07, 6.45) is 2.33. The molecule has 0 spiro atoms. The van der Waals surface area contributed by atoms with Gasteiger partial charge in [0.2, 0.25) is 0 Å². The lowest BCUT2D eigenvalue weighted by atomic mass is 10.1. The van der Waals surface area contributed by atoms with Crippen LogP contribution in [0.5, 0.6) is 11.5 Å². The van der Waals surface area contributed by atoms with Crippen LogP contribution < -0.4 is 4.74 Å². The molecule has 0 aliphatic heterocycles. The van der Waals surface area contributed by atoms with Gasteiger partial charge in [0.05, 0.1) is 6.42 Å². The Hall–Kier alpha value is -4.39. The number of ether oxygens (including phenoxy) is 1. The van der Waals surface area contributed by atoms with E-state index in [1.165, 1.54) is 0 Å². The predicted molar refractivity (Wildman–Crippen MR) is 121 cm³/mol. The highest BCUT2D eigenvalue weighted by Gasteiger charge is 2.15. The second-order valence-corrected chi connectivity index (χ2v) is 7.46. The minimum Gasteiger partial charge on any atom is -0.481 e. The molecule has 7 heteroatoms. The number of fused-ring (bicyclic) bond motifs is 1. The van der Waals surface area contributed by atoms with Crippen LogP contribution >= 0.6 is 0 Å². The summed E-state index contributed by atoms with van der Waals surface area (Å²) in [7, 11) is 0. The van der Waals surface area contributed by atoms with Crippen LogP contribution in [0, 0.1) is 0 Å². The van der Waals surface area contributed by atoms with E-state index >= 15 is 0 Å². The number of aromatic nitrogens is 4. The zero-order chi connectivity index (χ0) is 21.9. The third-order valence-electron chi connectivity index (χ3n) is 5.21. The maximum Gasteiger partial charge on any atom is 0.307 e. The highest BCUT2D eigenvalue weighted by molar-refractivity contribution is 5.89. The molecule has 0 amide bonds. The largest absolute Gasteiger partial charge is 0.481 e. The predicted octanol–water partition coefficient (Wildman–Crippen LogP) is 4.96. The Labute approximate surface area is 183 Å². The van der Waals surface area contributed by atoms with Gasteiger partial charge in [-0.15, -0.1) is 10.2 Å². The number of aromatic amines is 2. The zero-order valence-electron chi connectivity index (χ0n) is 17.1. The minimum absolute atomic E-state index is 0.130. The number of hydrogen-bond donors (Lipinski definition) is 3. The number of benzene rings is 3. The maximum absolute atomic E-state index is 11.4. The molecular formula is C25H20N4O3. The number of hydrogen-bond acceptors (Lipinski definition) is 4. The van der Waals surface area contributed by atoms with Crippen LogP contribution in [0.2, 0.25) is 0 Å². The summed E-state index contributed by atoms with van der Waals surface area (Å²) in [4.78, 5) is 17.8. The van der Waals surface area contributed by atoms with Gasteiger partial charge in [0.15, 0.2) is 5.82 Å². The maximum atomic E-state index is 11.4. The molecule has 5 rings (SSSR count). The third kappa shape index (κ3) is 4.09. The Kier molecular flexibility index (Phi) is 5.13. The summed E-state index contributed by atoms with van der Waals surface area (Å²) in [6.45, 7) is 0. The van der Waals surface area contributed by atoms with E-state index in [2.05, 4.69) is 20.2 Å². The van der Waals surface area contributed by atoms with E-state index in [0.29, 0.717) is 29.3 Å². The SMILES string of the molecule is O=C(O)Cc1c(Oc2cccc(-c3nnc(Cc4ccccc4)[nH]3)c2)ccc2[nH]ccc12. The van der Waals surface area contributed by atoms with Crippen LogP contribution in [0.25, 0.3) is 22.3 Å². The van der Waals surface area contributed by atoms with Gasteiger partial charge in [-0.25, -0.2) is 0 Å². The Bertz CT molecular complexity index is 1390. The van der Waals surface area contributed by atoms with Crippen LogP contribution in [0.1, 0.15) is 17.0 Å². The van der Waals surface area contributed by atoms with Gasteiger partial charge < -0.3 is 19.8 Å². The summed E-state index contributed by atoms with van der Waals surface area (Å²) in [5.41, 5.74) is 3.48. The molecule has 2 heterocycles. The molecule has 2 aromatic heterocycles. The van der Waals surface area contributed by atoms with E-state index in [9.17, 15) is 9.90 Å². The molecule has 5 aromatic rings. The summed E-state index contributed by atoms with van der Waals surface area (Å²) in [5, 5.41) is 18.7. The van der Waals surface area contributed by atoms with Crippen LogP contribution in [0.4, 0.5) is 0 Å². The smallest absolute Gasteiger partial charge is 0.307 e. The molecule has 0 radical (unpaired) electrons. The first-order valence-electron chi connectivity index (χ1n) is 10.2. The molecule has 0 unspecified atom stereocenters. The molecule has 0 atom stereocenters. The fourth-order valence-electron chi connectivity index (χ4n) is 3.73. The van der Waals surface area contributed by atoms with Gasteiger partial charge in [0.1, 0.15) is 17.3 Å². The number of H-pyrrole nitrogens is 2. The number of nitrogens with one attached hydrogen (secondary N) is 2. The molecular weight excluding hydrogens is 404 g/mol. The van der Waals surface area contributed by atoms with Gasteiger partial charge in [-0.2, -0.15) is 0 Å². The van der Waals surface area contributed by atoms with E-state index in [0.717, 1.165) is 27.9 Å². The lowest BCUT2D eigenvalue weighted by Gasteiger charge is -2.12. The molecule has 0 saturated heterocycles. The Morgan fingerprint density at radius 1 is 0.969 bits per heavy atom. The molecule has 0 saturated carbocycles. The van der Waals surface area contributed by atoms with Crippen molar-refractivity contribution < 1.29 is 14.6 Å². The fraction of sp³-hybridized carbons (Fsp3) is 0.0800. The van der Waals surface area contributed by atoms with Crippen LogP contribution in [-0.4, -0.2) is 31.2 Å². The van der Waals surface area contributed by atoms with Gasteiger partial charge in [-0.1, -0.05) is 42.5 Å². The summed E-state index contributed by atoms with van der Waals surface area (Å²) in [5.74, 6) is 1.61. The normalized spacial score (nSPS) is 11.0. The summed E-state index contributed by atoms with van der Waals surface area (Å²) >= 11 is 0. The van der Waals surface area contributed by atoms with Crippen molar-refractivity contribution in [1.29, 1.82) is 0 Å². The third-order valence-corrected chi connectivity index (χ3v) is 5.21. The van der Waals surface area contributed by atoms with Crippen LogP contribution in [0.3, 0.4) is 0 Å².